The fourth-order valence-corrected chi connectivity index (χ4v) is 3.42. The standard InChI is InChI=1S/C17H13ClF2N4O4S/c18-12-4-2-1-3-9(12)7-14(25)22-10-5-6-11(13(8-10)29(21,26)27)16-23-24-17(28-16)15(19)20/h1-6,8,15H,7H2,(H,22,25)(H2,21,26,27). The summed E-state index contributed by atoms with van der Waals surface area (Å²) in [5.41, 5.74) is 0.528. The molecule has 0 saturated heterocycles. The second-order valence-electron chi connectivity index (χ2n) is 5.82. The third kappa shape index (κ3) is 4.94. The van der Waals surface area contributed by atoms with Gasteiger partial charge in [0.15, 0.2) is 0 Å². The number of nitrogens with two attached hydrogens (primary N) is 1. The molecule has 0 saturated carbocycles. The van der Waals surface area contributed by atoms with Gasteiger partial charge in [-0.3, -0.25) is 4.79 Å². The van der Waals surface area contributed by atoms with E-state index in [0.29, 0.717) is 10.6 Å². The quantitative estimate of drug-likeness (QED) is 0.603. The number of benzene rings is 2. The molecule has 0 aliphatic heterocycles. The van der Waals surface area contributed by atoms with Crippen molar-refractivity contribution in [1.29, 1.82) is 0 Å². The van der Waals surface area contributed by atoms with E-state index < -0.39 is 39.0 Å². The first-order valence-electron chi connectivity index (χ1n) is 7.97. The smallest absolute Gasteiger partial charge is 0.314 e. The number of carbonyl (C=O) groups excluding carboxylic acids is 1. The molecule has 1 heterocycles. The molecule has 0 fully saturated rings. The lowest BCUT2D eigenvalue weighted by molar-refractivity contribution is -0.115. The Labute approximate surface area is 168 Å². The maximum absolute atomic E-state index is 12.6. The molecule has 0 bridgehead atoms. The highest BCUT2D eigenvalue weighted by Crippen LogP contribution is 2.30. The highest BCUT2D eigenvalue weighted by molar-refractivity contribution is 7.89. The van der Waals surface area contributed by atoms with E-state index in [-0.39, 0.29) is 17.7 Å². The molecule has 2 aromatic carbocycles. The average molecular weight is 443 g/mol. The van der Waals surface area contributed by atoms with Gasteiger partial charge >= 0.3 is 6.43 Å². The summed E-state index contributed by atoms with van der Waals surface area (Å²) in [6.07, 6.45) is -3.06. The number of hydrogen-bond donors (Lipinski definition) is 2. The van der Waals surface area contributed by atoms with Gasteiger partial charge in [0.1, 0.15) is 0 Å². The Morgan fingerprint density at radius 3 is 2.55 bits per heavy atom. The molecule has 0 aliphatic rings. The van der Waals surface area contributed by atoms with E-state index in [1.54, 1.807) is 24.3 Å². The van der Waals surface area contributed by atoms with Crippen LogP contribution in [-0.2, 0) is 21.2 Å². The minimum atomic E-state index is -4.30. The molecule has 29 heavy (non-hydrogen) atoms. The van der Waals surface area contributed by atoms with Crippen LogP contribution in [0.1, 0.15) is 17.9 Å². The topological polar surface area (TPSA) is 128 Å². The summed E-state index contributed by atoms with van der Waals surface area (Å²) in [6.45, 7) is 0. The van der Waals surface area contributed by atoms with Gasteiger partial charge in [0.25, 0.3) is 5.89 Å². The molecule has 8 nitrogen and oxygen atoms in total. The third-order valence-electron chi connectivity index (χ3n) is 3.74. The normalized spacial score (nSPS) is 11.6. The first-order chi connectivity index (χ1) is 13.6. The van der Waals surface area contributed by atoms with Crippen molar-refractivity contribution in [3.05, 3.63) is 58.9 Å². The Bertz CT molecular complexity index is 1170. The number of alkyl halides is 2. The monoisotopic (exact) mass is 442 g/mol. The van der Waals surface area contributed by atoms with Gasteiger partial charge in [-0.25, -0.2) is 13.6 Å². The van der Waals surface area contributed by atoms with Gasteiger partial charge < -0.3 is 9.73 Å². The zero-order valence-corrected chi connectivity index (χ0v) is 16.0. The van der Waals surface area contributed by atoms with Gasteiger partial charge in [-0.2, -0.15) is 8.78 Å². The van der Waals surface area contributed by atoms with E-state index in [2.05, 4.69) is 15.5 Å². The number of hydrogen-bond acceptors (Lipinski definition) is 6. The number of nitrogens with zero attached hydrogens (tertiary/aromatic N) is 2. The molecule has 0 radical (unpaired) electrons. The Hall–Kier alpha value is -2.89. The molecule has 12 heteroatoms. The molecule has 3 aromatic rings. The molecule has 3 N–H and O–H groups in total. The predicted octanol–water partition coefficient (Wildman–Crippen LogP) is 3.16. The Kier molecular flexibility index (Phi) is 5.91. The number of nitrogens with one attached hydrogen (secondary N) is 1. The summed E-state index contributed by atoms with van der Waals surface area (Å²) >= 11 is 6.02. The van der Waals surface area contributed by atoms with Crippen molar-refractivity contribution >= 4 is 33.2 Å². The number of aromatic nitrogens is 2. The maximum atomic E-state index is 12.6. The van der Waals surface area contributed by atoms with Gasteiger partial charge in [-0.05, 0) is 29.8 Å². The van der Waals surface area contributed by atoms with Crippen LogP contribution in [0.5, 0.6) is 0 Å². The van der Waals surface area contributed by atoms with Crippen LogP contribution in [-0.4, -0.2) is 24.5 Å². The number of amides is 1. The Morgan fingerprint density at radius 1 is 1.21 bits per heavy atom. The van der Waals surface area contributed by atoms with Gasteiger partial charge in [0, 0.05) is 10.7 Å². The van der Waals surface area contributed by atoms with Gasteiger partial charge in [-0.1, -0.05) is 29.8 Å². The van der Waals surface area contributed by atoms with Crippen LogP contribution in [0.2, 0.25) is 5.02 Å². The van der Waals surface area contributed by atoms with Gasteiger partial charge in [0.2, 0.25) is 21.8 Å². The maximum Gasteiger partial charge on any atom is 0.314 e. The van der Waals surface area contributed by atoms with Crippen molar-refractivity contribution in [2.75, 3.05) is 5.32 Å². The van der Waals surface area contributed by atoms with Gasteiger partial charge in [0.05, 0.1) is 16.9 Å². The number of carbonyl (C=O) groups is 1. The van der Waals surface area contributed by atoms with Crippen LogP contribution in [0.25, 0.3) is 11.5 Å². The third-order valence-corrected chi connectivity index (χ3v) is 5.06. The summed E-state index contributed by atoms with van der Waals surface area (Å²) in [5, 5.41) is 14.7. The molecular formula is C17H13ClF2N4O4S. The first-order valence-corrected chi connectivity index (χ1v) is 9.89. The minimum Gasteiger partial charge on any atom is -0.415 e. The summed E-state index contributed by atoms with van der Waals surface area (Å²) in [7, 11) is -4.30. The SMILES string of the molecule is NS(=O)(=O)c1cc(NC(=O)Cc2ccccc2Cl)ccc1-c1nnc(C(F)F)o1. The summed E-state index contributed by atoms with van der Waals surface area (Å²) in [6, 6.07) is 10.4. The van der Waals surface area contributed by atoms with Crippen molar-refractivity contribution in [1.82, 2.24) is 10.2 Å². The largest absolute Gasteiger partial charge is 0.415 e. The molecule has 0 aliphatic carbocycles. The Balaban J connectivity index is 1.89. The van der Waals surface area contributed by atoms with E-state index in [1.807, 2.05) is 0 Å². The fourth-order valence-electron chi connectivity index (χ4n) is 2.46. The molecule has 0 unspecified atom stereocenters. The van der Waals surface area contributed by atoms with Crippen molar-refractivity contribution in [2.24, 2.45) is 5.14 Å². The van der Waals surface area contributed by atoms with Crippen LogP contribution in [0, 0.1) is 0 Å². The second-order valence-corrected chi connectivity index (χ2v) is 7.76. The van der Waals surface area contributed by atoms with Crippen LogP contribution in [0.3, 0.4) is 0 Å². The average Bonchev–Trinajstić information content (AvgIpc) is 3.13. The molecule has 0 atom stereocenters. The number of primary sulfonamides is 1. The molecule has 0 spiro atoms. The highest BCUT2D eigenvalue weighted by Gasteiger charge is 2.23. The zero-order valence-electron chi connectivity index (χ0n) is 14.5. The van der Waals surface area contributed by atoms with E-state index >= 15 is 0 Å². The molecule has 1 amide bonds. The van der Waals surface area contributed by atoms with Crippen LogP contribution in [0.15, 0.2) is 51.8 Å². The van der Waals surface area contributed by atoms with Crippen molar-refractivity contribution in [2.45, 2.75) is 17.7 Å². The molecular weight excluding hydrogens is 430 g/mol. The fraction of sp³-hybridized carbons (Fsp3) is 0.118. The minimum absolute atomic E-state index is 0.0481. The second kappa shape index (κ2) is 8.23. The predicted molar refractivity (Wildman–Crippen MR) is 99.8 cm³/mol. The van der Waals surface area contributed by atoms with Crippen LogP contribution >= 0.6 is 11.6 Å². The van der Waals surface area contributed by atoms with Crippen LogP contribution in [0.4, 0.5) is 14.5 Å². The van der Waals surface area contributed by atoms with E-state index in [9.17, 15) is 22.0 Å². The lowest BCUT2D eigenvalue weighted by Gasteiger charge is -2.10. The summed E-state index contributed by atoms with van der Waals surface area (Å²) < 4.78 is 54.0. The van der Waals surface area contributed by atoms with E-state index in [0.717, 1.165) is 6.07 Å². The zero-order chi connectivity index (χ0) is 21.2. The Morgan fingerprint density at radius 2 is 1.93 bits per heavy atom. The molecule has 1 aromatic heterocycles. The lowest BCUT2D eigenvalue weighted by atomic mass is 10.1. The van der Waals surface area contributed by atoms with Crippen molar-refractivity contribution < 1.29 is 26.4 Å². The van der Waals surface area contributed by atoms with E-state index in [4.69, 9.17) is 21.2 Å². The summed E-state index contributed by atoms with van der Waals surface area (Å²) in [4.78, 5) is 11.8. The number of halogens is 3. The number of sulfonamides is 1. The molecule has 152 valence electrons. The van der Waals surface area contributed by atoms with E-state index in [1.165, 1.54) is 12.1 Å². The highest BCUT2D eigenvalue weighted by atomic mass is 35.5. The van der Waals surface area contributed by atoms with Crippen molar-refractivity contribution in [3.63, 3.8) is 0 Å². The number of rotatable bonds is 6. The van der Waals surface area contributed by atoms with Gasteiger partial charge in [-0.15, -0.1) is 10.2 Å². The first kappa shape index (κ1) is 20.8. The van der Waals surface area contributed by atoms with Crippen molar-refractivity contribution in [3.8, 4) is 11.5 Å². The molecule has 3 rings (SSSR count). The summed E-state index contributed by atoms with van der Waals surface area (Å²) in [5.74, 6) is -1.86. The van der Waals surface area contributed by atoms with Crippen LogP contribution < -0.4 is 10.5 Å². The number of anilines is 1. The lowest BCUT2D eigenvalue weighted by Crippen LogP contribution is -2.17.